The van der Waals surface area contributed by atoms with E-state index < -0.39 is 0 Å². The fourth-order valence-corrected chi connectivity index (χ4v) is 3.85. The van der Waals surface area contributed by atoms with Gasteiger partial charge in [-0.05, 0) is 49.3 Å². The molecule has 2 aliphatic rings. The van der Waals surface area contributed by atoms with Crippen molar-refractivity contribution >= 4 is 0 Å². The normalized spacial score (nSPS) is 35.2. The first-order chi connectivity index (χ1) is 8.28. The molecule has 1 N–H and O–H groups in total. The highest BCUT2D eigenvalue weighted by Crippen LogP contribution is 2.49. The Morgan fingerprint density at radius 2 is 2.06 bits per heavy atom. The molecule has 3 rings (SSSR count). The van der Waals surface area contributed by atoms with Crippen LogP contribution < -0.4 is 5.32 Å². The van der Waals surface area contributed by atoms with E-state index in [4.69, 9.17) is 0 Å². The van der Waals surface area contributed by atoms with Gasteiger partial charge in [-0.1, -0.05) is 43.3 Å². The van der Waals surface area contributed by atoms with Crippen molar-refractivity contribution < 1.29 is 0 Å². The molecule has 1 aromatic carbocycles. The van der Waals surface area contributed by atoms with Gasteiger partial charge in [0.1, 0.15) is 0 Å². The first kappa shape index (κ1) is 11.0. The van der Waals surface area contributed by atoms with Gasteiger partial charge >= 0.3 is 0 Å². The molecular formula is C16H21N. The lowest BCUT2D eigenvalue weighted by molar-refractivity contribution is 0.175. The number of rotatable bonds is 1. The molecule has 0 bridgehead atoms. The summed E-state index contributed by atoms with van der Waals surface area (Å²) >= 11 is 0. The van der Waals surface area contributed by atoms with Gasteiger partial charge in [0.2, 0.25) is 0 Å². The van der Waals surface area contributed by atoms with Crippen molar-refractivity contribution in [2.75, 3.05) is 7.05 Å². The molecule has 0 saturated carbocycles. The Morgan fingerprint density at radius 3 is 2.88 bits per heavy atom. The molecule has 0 aliphatic heterocycles. The van der Waals surface area contributed by atoms with Crippen molar-refractivity contribution in [3.63, 3.8) is 0 Å². The number of hydrogen-bond donors (Lipinski definition) is 1. The fourth-order valence-electron chi connectivity index (χ4n) is 3.85. The minimum Gasteiger partial charge on any atom is -0.310 e. The molecule has 3 atom stereocenters. The zero-order chi connectivity index (χ0) is 11.9. The summed E-state index contributed by atoms with van der Waals surface area (Å²) in [6.45, 7) is 2.37. The molecule has 0 heterocycles. The second kappa shape index (κ2) is 3.99. The molecule has 1 nitrogen and oxygen atoms in total. The third-order valence-electron chi connectivity index (χ3n) is 4.78. The molecular weight excluding hydrogens is 206 g/mol. The fraction of sp³-hybridized carbons (Fsp3) is 0.500. The van der Waals surface area contributed by atoms with Crippen LogP contribution in [0.1, 0.15) is 43.2 Å². The summed E-state index contributed by atoms with van der Waals surface area (Å²) in [5, 5.41) is 3.64. The summed E-state index contributed by atoms with van der Waals surface area (Å²) in [6, 6.07) is 9.00. The van der Waals surface area contributed by atoms with Crippen LogP contribution in [0.4, 0.5) is 0 Å². The van der Waals surface area contributed by atoms with Crippen molar-refractivity contribution in [2.24, 2.45) is 5.92 Å². The van der Waals surface area contributed by atoms with Crippen LogP contribution in [0.5, 0.6) is 0 Å². The zero-order valence-electron chi connectivity index (χ0n) is 10.7. The standard InChI is InChI=1S/C16H21N/c1-12-11-13-7-5-6-10-16(13,17-2)15-9-4-3-8-14(12)15/h3-6,8-9,12-13,17H,7,10-11H2,1-2H3/t12-,13-,16-/m1/s1. The van der Waals surface area contributed by atoms with Gasteiger partial charge in [-0.2, -0.15) is 0 Å². The molecule has 1 aromatic rings. The zero-order valence-corrected chi connectivity index (χ0v) is 10.7. The van der Waals surface area contributed by atoms with Gasteiger partial charge in [0.05, 0.1) is 5.54 Å². The van der Waals surface area contributed by atoms with E-state index in [2.05, 4.69) is 55.7 Å². The molecule has 0 amide bonds. The van der Waals surface area contributed by atoms with Crippen molar-refractivity contribution in [3.8, 4) is 0 Å². The monoisotopic (exact) mass is 227 g/mol. The maximum Gasteiger partial charge on any atom is 0.0501 e. The van der Waals surface area contributed by atoms with Crippen LogP contribution in [0.3, 0.4) is 0 Å². The molecule has 17 heavy (non-hydrogen) atoms. The molecule has 0 saturated heterocycles. The van der Waals surface area contributed by atoms with E-state index >= 15 is 0 Å². The largest absolute Gasteiger partial charge is 0.310 e. The third-order valence-corrected chi connectivity index (χ3v) is 4.78. The predicted octanol–water partition coefficient (Wildman–Crippen LogP) is 3.57. The van der Waals surface area contributed by atoms with E-state index in [1.165, 1.54) is 18.4 Å². The van der Waals surface area contributed by atoms with Gasteiger partial charge in [0.15, 0.2) is 0 Å². The number of allylic oxidation sites excluding steroid dienone is 1. The van der Waals surface area contributed by atoms with Gasteiger partial charge < -0.3 is 5.32 Å². The molecule has 0 radical (unpaired) electrons. The van der Waals surface area contributed by atoms with Gasteiger partial charge in [0.25, 0.3) is 0 Å². The molecule has 0 spiro atoms. The topological polar surface area (TPSA) is 12.0 Å². The van der Waals surface area contributed by atoms with E-state index in [0.717, 1.165) is 12.3 Å². The lowest BCUT2D eigenvalue weighted by Gasteiger charge is -2.48. The summed E-state index contributed by atoms with van der Waals surface area (Å²) in [7, 11) is 2.12. The molecule has 1 heteroatoms. The average Bonchev–Trinajstić information content (AvgIpc) is 2.39. The highest BCUT2D eigenvalue weighted by atomic mass is 15.0. The van der Waals surface area contributed by atoms with Crippen LogP contribution in [0.15, 0.2) is 36.4 Å². The molecule has 90 valence electrons. The van der Waals surface area contributed by atoms with Crippen LogP contribution in [-0.2, 0) is 5.54 Å². The minimum absolute atomic E-state index is 0.192. The second-order valence-electron chi connectivity index (χ2n) is 5.55. The Morgan fingerprint density at radius 1 is 1.24 bits per heavy atom. The van der Waals surface area contributed by atoms with Crippen molar-refractivity contribution in [1.82, 2.24) is 5.32 Å². The van der Waals surface area contributed by atoms with E-state index in [-0.39, 0.29) is 5.54 Å². The quantitative estimate of drug-likeness (QED) is 0.723. The summed E-state index contributed by atoms with van der Waals surface area (Å²) in [5.74, 6) is 1.45. The highest BCUT2D eigenvalue weighted by molar-refractivity contribution is 5.41. The van der Waals surface area contributed by atoms with E-state index in [9.17, 15) is 0 Å². The number of hydrogen-bond acceptors (Lipinski definition) is 1. The Balaban J connectivity index is 2.18. The van der Waals surface area contributed by atoms with Crippen molar-refractivity contribution in [3.05, 3.63) is 47.5 Å². The van der Waals surface area contributed by atoms with Crippen LogP contribution in [-0.4, -0.2) is 7.05 Å². The number of benzene rings is 1. The SMILES string of the molecule is CN[C@]12CC=CC[C@@H]1C[C@@H](C)c1ccccc12. The van der Waals surface area contributed by atoms with E-state index in [1.54, 1.807) is 5.56 Å². The van der Waals surface area contributed by atoms with Gasteiger partial charge in [-0.3, -0.25) is 0 Å². The smallest absolute Gasteiger partial charge is 0.0501 e. The molecule has 0 fully saturated rings. The van der Waals surface area contributed by atoms with Crippen molar-refractivity contribution in [2.45, 2.75) is 37.6 Å². The molecule has 0 aromatic heterocycles. The maximum atomic E-state index is 3.64. The third kappa shape index (κ3) is 1.49. The van der Waals surface area contributed by atoms with Gasteiger partial charge in [0, 0.05) is 0 Å². The second-order valence-corrected chi connectivity index (χ2v) is 5.55. The van der Waals surface area contributed by atoms with Crippen LogP contribution in [0.2, 0.25) is 0 Å². The average molecular weight is 227 g/mol. The molecule has 0 unspecified atom stereocenters. The summed E-state index contributed by atoms with van der Waals surface area (Å²) in [6.07, 6.45) is 8.38. The highest BCUT2D eigenvalue weighted by Gasteiger charge is 2.44. The lowest BCUT2D eigenvalue weighted by Crippen LogP contribution is -2.50. The molecule has 2 aliphatic carbocycles. The Hall–Kier alpha value is -1.08. The van der Waals surface area contributed by atoms with Gasteiger partial charge in [-0.25, -0.2) is 0 Å². The Bertz CT molecular complexity index is 449. The number of fused-ring (bicyclic) bond motifs is 3. The van der Waals surface area contributed by atoms with E-state index in [1.807, 2.05) is 0 Å². The summed E-state index contributed by atoms with van der Waals surface area (Å²) in [5.41, 5.74) is 3.28. The Labute approximate surface area is 104 Å². The predicted molar refractivity (Wildman–Crippen MR) is 72.1 cm³/mol. The number of nitrogens with one attached hydrogen (secondary N) is 1. The minimum atomic E-state index is 0.192. The maximum absolute atomic E-state index is 3.64. The van der Waals surface area contributed by atoms with E-state index in [0.29, 0.717) is 5.92 Å². The Kier molecular flexibility index (Phi) is 2.59. The summed E-state index contributed by atoms with van der Waals surface area (Å²) < 4.78 is 0. The first-order valence-corrected chi connectivity index (χ1v) is 6.71. The summed E-state index contributed by atoms with van der Waals surface area (Å²) in [4.78, 5) is 0. The van der Waals surface area contributed by atoms with Crippen LogP contribution in [0.25, 0.3) is 0 Å². The van der Waals surface area contributed by atoms with Crippen LogP contribution in [0, 0.1) is 5.92 Å². The van der Waals surface area contributed by atoms with Gasteiger partial charge in [-0.15, -0.1) is 0 Å². The lowest BCUT2D eigenvalue weighted by atomic mass is 9.62. The first-order valence-electron chi connectivity index (χ1n) is 6.71. The van der Waals surface area contributed by atoms with Crippen LogP contribution >= 0.6 is 0 Å². The van der Waals surface area contributed by atoms with Crippen molar-refractivity contribution in [1.29, 1.82) is 0 Å².